The molecule has 2 unspecified atom stereocenters. The lowest BCUT2D eigenvalue weighted by Crippen LogP contribution is -2.34. The van der Waals surface area contributed by atoms with Gasteiger partial charge in [0.2, 0.25) is 0 Å². The molecule has 0 radical (unpaired) electrons. The fourth-order valence-electron chi connectivity index (χ4n) is 2.53. The zero-order valence-corrected chi connectivity index (χ0v) is 12.3. The quantitative estimate of drug-likeness (QED) is 0.839. The Bertz CT molecular complexity index is 484. The average Bonchev–Trinajstić information content (AvgIpc) is 2.45. The lowest BCUT2D eigenvalue weighted by atomic mass is 9.88. The Kier molecular flexibility index (Phi) is 5.79. The van der Waals surface area contributed by atoms with Gasteiger partial charge in [0.1, 0.15) is 5.75 Å². The Morgan fingerprint density at radius 3 is 2.86 bits per heavy atom. The number of hydrogen-bond acceptors (Lipinski definition) is 2. The van der Waals surface area contributed by atoms with Crippen LogP contribution in [0.5, 0.6) is 5.75 Å². The van der Waals surface area contributed by atoms with E-state index in [0.29, 0.717) is 12.1 Å². The molecular formula is C15H18ClF2NO2. The zero-order chi connectivity index (χ0) is 15.2. The first-order valence-corrected chi connectivity index (χ1v) is 7.47. The Morgan fingerprint density at radius 1 is 1.38 bits per heavy atom. The number of amides is 1. The van der Waals surface area contributed by atoms with Gasteiger partial charge in [-0.15, -0.1) is 11.6 Å². The van der Waals surface area contributed by atoms with E-state index in [2.05, 4.69) is 10.1 Å². The van der Waals surface area contributed by atoms with Gasteiger partial charge in [0.15, 0.2) is 0 Å². The molecule has 1 N–H and O–H groups in total. The molecule has 1 fully saturated rings. The first-order chi connectivity index (χ1) is 10.1. The second-order valence-corrected chi connectivity index (χ2v) is 5.74. The second kappa shape index (κ2) is 7.59. The first-order valence-electron chi connectivity index (χ1n) is 7.03. The maximum Gasteiger partial charge on any atom is 0.387 e. The molecule has 0 saturated heterocycles. The molecule has 0 aliphatic heterocycles. The highest BCUT2D eigenvalue weighted by molar-refractivity contribution is 6.20. The highest BCUT2D eigenvalue weighted by Gasteiger charge is 2.23. The molecule has 21 heavy (non-hydrogen) atoms. The van der Waals surface area contributed by atoms with Gasteiger partial charge in [-0.3, -0.25) is 4.79 Å². The van der Waals surface area contributed by atoms with Crippen molar-refractivity contribution < 1.29 is 18.3 Å². The predicted molar refractivity (Wildman–Crippen MR) is 77.0 cm³/mol. The molecule has 2 rings (SSSR count). The van der Waals surface area contributed by atoms with E-state index in [9.17, 15) is 13.6 Å². The molecular weight excluding hydrogens is 300 g/mol. The van der Waals surface area contributed by atoms with Crippen molar-refractivity contribution in [2.45, 2.75) is 37.7 Å². The van der Waals surface area contributed by atoms with Crippen molar-refractivity contribution in [2.75, 3.05) is 6.54 Å². The Labute approximate surface area is 127 Å². The van der Waals surface area contributed by atoms with E-state index in [-0.39, 0.29) is 23.0 Å². The molecule has 1 aromatic carbocycles. The van der Waals surface area contributed by atoms with E-state index in [1.165, 1.54) is 18.2 Å². The van der Waals surface area contributed by atoms with Crippen LogP contribution in [0.2, 0.25) is 0 Å². The molecule has 116 valence electrons. The maximum absolute atomic E-state index is 12.1. The van der Waals surface area contributed by atoms with Crippen LogP contribution in [-0.2, 0) is 0 Å². The molecule has 1 aliphatic carbocycles. The van der Waals surface area contributed by atoms with Gasteiger partial charge < -0.3 is 10.1 Å². The average molecular weight is 318 g/mol. The lowest BCUT2D eigenvalue weighted by Gasteiger charge is -2.27. The van der Waals surface area contributed by atoms with Gasteiger partial charge in [0, 0.05) is 17.5 Å². The minimum absolute atomic E-state index is 0.0227. The van der Waals surface area contributed by atoms with Crippen molar-refractivity contribution in [1.82, 2.24) is 5.32 Å². The number of nitrogens with one attached hydrogen (secondary N) is 1. The van der Waals surface area contributed by atoms with Crippen LogP contribution < -0.4 is 10.1 Å². The summed E-state index contributed by atoms with van der Waals surface area (Å²) in [6.45, 7) is -2.39. The minimum atomic E-state index is -2.90. The number of halogens is 3. The molecule has 0 heterocycles. The SMILES string of the molecule is O=C(NCC1CCCCC1Cl)c1cccc(OC(F)F)c1. The summed E-state index contributed by atoms with van der Waals surface area (Å²) in [4.78, 5) is 12.0. The molecule has 1 amide bonds. The molecule has 0 aromatic heterocycles. The largest absolute Gasteiger partial charge is 0.435 e. The molecule has 6 heteroatoms. The van der Waals surface area contributed by atoms with E-state index in [4.69, 9.17) is 11.6 Å². The third kappa shape index (κ3) is 4.84. The van der Waals surface area contributed by atoms with E-state index in [1.54, 1.807) is 6.07 Å². The molecule has 0 bridgehead atoms. The maximum atomic E-state index is 12.1. The number of benzene rings is 1. The Balaban J connectivity index is 1.90. The molecule has 2 atom stereocenters. The number of carbonyl (C=O) groups excluding carboxylic acids is 1. The molecule has 1 aromatic rings. The lowest BCUT2D eigenvalue weighted by molar-refractivity contribution is -0.0498. The smallest absolute Gasteiger partial charge is 0.387 e. The number of rotatable bonds is 5. The van der Waals surface area contributed by atoms with Crippen LogP contribution >= 0.6 is 11.6 Å². The van der Waals surface area contributed by atoms with Gasteiger partial charge in [-0.25, -0.2) is 0 Å². The van der Waals surface area contributed by atoms with Crippen LogP contribution in [0.3, 0.4) is 0 Å². The zero-order valence-electron chi connectivity index (χ0n) is 11.5. The van der Waals surface area contributed by atoms with Gasteiger partial charge in [-0.05, 0) is 37.0 Å². The van der Waals surface area contributed by atoms with E-state index < -0.39 is 6.61 Å². The van der Waals surface area contributed by atoms with Crippen LogP contribution in [0.4, 0.5) is 8.78 Å². The van der Waals surface area contributed by atoms with Crippen molar-refractivity contribution in [1.29, 1.82) is 0 Å². The summed E-state index contributed by atoms with van der Waals surface area (Å²) in [7, 11) is 0. The van der Waals surface area contributed by atoms with Gasteiger partial charge in [0.25, 0.3) is 5.91 Å². The van der Waals surface area contributed by atoms with Crippen molar-refractivity contribution in [3.63, 3.8) is 0 Å². The van der Waals surface area contributed by atoms with Gasteiger partial charge in [-0.1, -0.05) is 18.9 Å². The summed E-state index contributed by atoms with van der Waals surface area (Å²) in [6.07, 6.45) is 4.23. The van der Waals surface area contributed by atoms with E-state index >= 15 is 0 Å². The predicted octanol–water partition coefficient (Wildman–Crippen LogP) is 3.82. The number of hydrogen-bond donors (Lipinski definition) is 1. The number of carbonyl (C=O) groups is 1. The summed E-state index contributed by atoms with van der Waals surface area (Å²) in [5.74, 6) is -0.0560. The first kappa shape index (κ1) is 16.0. The Morgan fingerprint density at radius 2 is 2.14 bits per heavy atom. The monoisotopic (exact) mass is 317 g/mol. The minimum Gasteiger partial charge on any atom is -0.435 e. The summed E-state index contributed by atoms with van der Waals surface area (Å²) in [5, 5.41) is 2.90. The topological polar surface area (TPSA) is 38.3 Å². The van der Waals surface area contributed by atoms with E-state index in [1.807, 2.05) is 0 Å². The summed E-state index contributed by atoms with van der Waals surface area (Å²) < 4.78 is 28.6. The van der Waals surface area contributed by atoms with Gasteiger partial charge >= 0.3 is 6.61 Å². The van der Waals surface area contributed by atoms with Crippen molar-refractivity contribution in [2.24, 2.45) is 5.92 Å². The molecule has 1 saturated carbocycles. The summed E-state index contributed by atoms with van der Waals surface area (Å²) in [6, 6.07) is 5.77. The Hall–Kier alpha value is -1.36. The fraction of sp³-hybridized carbons (Fsp3) is 0.533. The molecule has 3 nitrogen and oxygen atoms in total. The van der Waals surface area contributed by atoms with Crippen LogP contribution in [0.1, 0.15) is 36.0 Å². The number of alkyl halides is 3. The third-order valence-corrected chi connectivity index (χ3v) is 4.24. The van der Waals surface area contributed by atoms with Crippen molar-refractivity contribution in [3.05, 3.63) is 29.8 Å². The van der Waals surface area contributed by atoms with Gasteiger partial charge in [0.05, 0.1) is 0 Å². The molecule has 1 aliphatic rings. The third-order valence-electron chi connectivity index (χ3n) is 3.66. The van der Waals surface area contributed by atoms with Crippen molar-refractivity contribution in [3.8, 4) is 5.75 Å². The normalized spacial score (nSPS) is 22.1. The fourth-order valence-corrected chi connectivity index (χ4v) is 2.90. The summed E-state index contributed by atoms with van der Waals surface area (Å²) >= 11 is 6.24. The summed E-state index contributed by atoms with van der Waals surface area (Å²) in [5.41, 5.74) is 0.301. The van der Waals surface area contributed by atoms with Crippen LogP contribution in [0, 0.1) is 5.92 Å². The van der Waals surface area contributed by atoms with E-state index in [0.717, 1.165) is 25.7 Å². The number of ether oxygens (including phenoxy) is 1. The van der Waals surface area contributed by atoms with Crippen LogP contribution in [-0.4, -0.2) is 24.4 Å². The van der Waals surface area contributed by atoms with Gasteiger partial charge in [-0.2, -0.15) is 8.78 Å². The second-order valence-electron chi connectivity index (χ2n) is 5.18. The van der Waals surface area contributed by atoms with Crippen LogP contribution in [0.25, 0.3) is 0 Å². The standard InChI is InChI=1S/C15H18ClF2NO2/c16-13-7-2-1-4-11(13)9-19-14(20)10-5-3-6-12(8-10)21-15(17)18/h3,5-6,8,11,13,15H,1-2,4,7,9H2,(H,19,20). The molecule has 0 spiro atoms. The van der Waals surface area contributed by atoms with Crippen molar-refractivity contribution >= 4 is 17.5 Å². The highest BCUT2D eigenvalue weighted by Crippen LogP contribution is 2.28. The highest BCUT2D eigenvalue weighted by atomic mass is 35.5. The van der Waals surface area contributed by atoms with Crippen LogP contribution in [0.15, 0.2) is 24.3 Å².